The minimum absolute atomic E-state index is 0.230. The molecule has 2 rings (SSSR count). The average Bonchev–Trinajstić information content (AvgIpc) is 2.98. The number of benzene rings is 1. The molecule has 0 radical (unpaired) electrons. The van der Waals surface area contributed by atoms with Crippen LogP contribution in [-0.2, 0) is 13.9 Å². The molecule has 0 aliphatic carbocycles. The van der Waals surface area contributed by atoms with Crippen molar-refractivity contribution in [2.24, 2.45) is 0 Å². The third-order valence-corrected chi connectivity index (χ3v) is 4.57. The number of aliphatic carboxylic acids is 1. The van der Waals surface area contributed by atoms with Gasteiger partial charge in [0, 0.05) is 18.1 Å². The zero-order valence-corrected chi connectivity index (χ0v) is 15.8. The molecular weight excluding hydrogens is 398 g/mol. The largest absolute Gasteiger partial charge is 0.495 e. The van der Waals surface area contributed by atoms with Crippen LogP contribution in [0.15, 0.2) is 27.8 Å². The molecule has 8 heteroatoms. The highest BCUT2D eigenvalue weighted by atomic mass is 79.9. The average molecular weight is 418 g/mol. The molecule has 1 aliphatic rings. The van der Waals surface area contributed by atoms with Gasteiger partial charge in [-0.3, -0.25) is 4.79 Å². The van der Waals surface area contributed by atoms with E-state index in [1.165, 1.54) is 5.23 Å². The number of hydrogen-bond donors (Lipinski definition) is 1. The first kappa shape index (κ1) is 19.1. The topological polar surface area (TPSA) is 68.2 Å². The minimum Gasteiger partial charge on any atom is -0.495 e. The number of carbonyl (C=O) groups is 1. The zero-order chi connectivity index (χ0) is 17.4. The fourth-order valence-electron chi connectivity index (χ4n) is 2.19. The Hall–Kier alpha value is -1.22. The van der Waals surface area contributed by atoms with Crippen molar-refractivity contribution >= 4 is 40.0 Å². The lowest BCUT2D eigenvalue weighted by Crippen LogP contribution is -2.16. The SMILES string of the molecule is COc1c(Br)cccc1/C=C1/ON(CCCCCCC(=O)O)OS1. The monoisotopic (exact) mass is 417 g/mol. The van der Waals surface area contributed by atoms with Crippen LogP contribution in [0.4, 0.5) is 0 Å². The lowest BCUT2D eigenvalue weighted by Gasteiger charge is -2.10. The van der Waals surface area contributed by atoms with Crippen LogP contribution in [0.2, 0.25) is 0 Å². The maximum absolute atomic E-state index is 10.4. The summed E-state index contributed by atoms with van der Waals surface area (Å²) in [5.74, 6) is 0.00134. The van der Waals surface area contributed by atoms with Crippen molar-refractivity contribution in [3.8, 4) is 5.75 Å². The summed E-state index contributed by atoms with van der Waals surface area (Å²) >= 11 is 4.61. The maximum Gasteiger partial charge on any atom is 0.303 e. The van der Waals surface area contributed by atoms with Crippen molar-refractivity contribution in [1.82, 2.24) is 5.23 Å². The fourth-order valence-corrected chi connectivity index (χ4v) is 3.29. The quantitative estimate of drug-likeness (QED) is 0.464. The Bertz CT molecular complexity index is 596. The Morgan fingerprint density at radius 1 is 1.38 bits per heavy atom. The Morgan fingerprint density at radius 2 is 2.17 bits per heavy atom. The molecule has 0 amide bonds. The van der Waals surface area contributed by atoms with Gasteiger partial charge in [-0.25, -0.2) is 0 Å². The van der Waals surface area contributed by atoms with E-state index in [1.54, 1.807) is 7.11 Å². The predicted octanol–water partition coefficient (Wildman–Crippen LogP) is 4.62. The first-order valence-corrected chi connectivity index (χ1v) is 9.19. The maximum atomic E-state index is 10.4. The van der Waals surface area contributed by atoms with Crippen molar-refractivity contribution < 1.29 is 23.8 Å². The van der Waals surface area contributed by atoms with E-state index in [0.717, 1.165) is 47.1 Å². The van der Waals surface area contributed by atoms with Crippen molar-refractivity contribution in [2.75, 3.05) is 13.7 Å². The molecule has 1 aromatic rings. The molecule has 24 heavy (non-hydrogen) atoms. The van der Waals surface area contributed by atoms with Crippen LogP contribution in [-0.4, -0.2) is 30.0 Å². The van der Waals surface area contributed by atoms with E-state index in [0.29, 0.717) is 18.1 Å². The molecule has 1 saturated heterocycles. The molecule has 132 valence electrons. The number of nitrogens with zero attached hydrogens (tertiary/aromatic N) is 1. The number of halogens is 1. The molecular formula is C16H20BrNO5S. The number of hydrogen-bond acceptors (Lipinski definition) is 6. The normalized spacial score (nSPS) is 16.3. The predicted molar refractivity (Wildman–Crippen MR) is 95.9 cm³/mol. The molecule has 1 aromatic carbocycles. The van der Waals surface area contributed by atoms with E-state index in [9.17, 15) is 4.79 Å². The fraction of sp³-hybridized carbons (Fsp3) is 0.438. The number of rotatable bonds is 9. The smallest absolute Gasteiger partial charge is 0.303 e. The zero-order valence-electron chi connectivity index (χ0n) is 13.4. The van der Waals surface area contributed by atoms with E-state index in [4.69, 9.17) is 19.0 Å². The van der Waals surface area contributed by atoms with Crippen molar-refractivity contribution in [3.05, 3.63) is 33.3 Å². The van der Waals surface area contributed by atoms with Crippen LogP contribution >= 0.6 is 28.0 Å². The van der Waals surface area contributed by atoms with Gasteiger partial charge in [-0.15, -0.1) is 0 Å². The van der Waals surface area contributed by atoms with Gasteiger partial charge in [-0.2, -0.15) is 4.28 Å². The first-order chi connectivity index (χ1) is 11.6. The molecule has 0 aromatic heterocycles. The summed E-state index contributed by atoms with van der Waals surface area (Å²) in [4.78, 5) is 16.0. The molecule has 1 heterocycles. The summed E-state index contributed by atoms with van der Waals surface area (Å²) in [6.07, 6.45) is 5.52. The standard InChI is InChI=1S/C16H20BrNO5S/c1-21-16-12(7-6-8-13(16)17)11-15-22-18(23-24-15)10-5-3-2-4-9-14(19)20/h6-8,11H,2-5,9-10H2,1H3,(H,19,20)/b15-11-. The summed E-state index contributed by atoms with van der Waals surface area (Å²) in [5.41, 5.74) is 0.897. The number of methoxy groups -OCH3 is 1. The Kier molecular flexibility index (Phi) is 7.90. The van der Waals surface area contributed by atoms with Crippen LogP contribution in [0, 0.1) is 0 Å². The molecule has 1 aliphatic heterocycles. The van der Waals surface area contributed by atoms with Crippen molar-refractivity contribution in [2.45, 2.75) is 32.1 Å². The number of carboxylic acids is 1. The third-order valence-electron chi connectivity index (χ3n) is 3.35. The van der Waals surface area contributed by atoms with Crippen LogP contribution in [0.3, 0.4) is 0 Å². The third kappa shape index (κ3) is 6.01. The van der Waals surface area contributed by atoms with Crippen LogP contribution in [0.1, 0.15) is 37.7 Å². The molecule has 1 N–H and O–H groups in total. The Balaban J connectivity index is 1.77. The summed E-state index contributed by atoms with van der Waals surface area (Å²) in [6, 6.07) is 5.77. The summed E-state index contributed by atoms with van der Waals surface area (Å²) in [6.45, 7) is 0.632. The molecule has 1 fully saturated rings. The van der Waals surface area contributed by atoms with Gasteiger partial charge in [0.15, 0.2) is 0 Å². The van der Waals surface area contributed by atoms with Gasteiger partial charge in [0.2, 0.25) is 5.09 Å². The van der Waals surface area contributed by atoms with Gasteiger partial charge < -0.3 is 14.7 Å². The lowest BCUT2D eigenvalue weighted by molar-refractivity contribution is -0.259. The van der Waals surface area contributed by atoms with Crippen LogP contribution in [0.25, 0.3) is 6.08 Å². The summed E-state index contributed by atoms with van der Waals surface area (Å²) in [5, 5.41) is 10.7. The second-order valence-electron chi connectivity index (χ2n) is 5.19. The van der Waals surface area contributed by atoms with Gasteiger partial charge in [0.1, 0.15) is 5.75 Å². The number of ether oxygens (including phenoxy) is 1. The lowest BCUT2D eigenvalue weighted by atomic mass is 10.1. The van der Waals surface area contributed by atoms with E-state index in [2.05, 4.69) is 15.9 Å². The number of carboxylic acid groups (broad SMARTS) is 1. The molecule has 6 nitrogen and oxygen atoms in total. The van der Waals surface area contributed by atoms with Gasteiger partial charge in [0.25, 0.3) is 0 Å². The van der Waals surface area contributed by atoms with Gasteiger partial charge in [-0.1, -0.05) is 25.0 Å². The minimum atomic E-state index is -0.740. The molecule has 0 bridgehead atoms. The number of hydroxylamine groups is 2. The number of para-hydroxylation sites is 1. The molecule has 0 atom stereocenters. The second kappa shape index (κ2) is 9.93. The Labute approximate surface area is 154 Å². The highest BCUT2D eigenvalue weighted by Gasteiger charge is 2.21. The van der Waals surface area contributed by atoms with Gasteiger partial charge >= 0.3 is 5.97 Å². The summed E-state index contributed by atoms with van der Waals surface area (Å²) < 4.78 is 11.7. The molecule has 0 unspecified atom stereocenters. The van der Waals surface area contributed by atoms with E-state index < -0.39 is 5.97 Å². The highest BCUT2D eigenvalue weighted by molar-refractivity contribution is 9.10. The second-order valence-corrected chi connectivity index (χ2v) is 6.76. The van der Waals surface area contributed by atoms with Crippen LogP contribution in [0.5, 0.6) is 5.75 Å². The number of unbranched alkanes of at least 4 members (excludes halogenated alkanes) is 3. The summed E-state index contributed by atoms with van der Waals surface area (Å²) in [7, 11) is 1.62. The van der Waals surface area contributed by atoms with E-state index in [-0.39, 0.29) is 6.42 Å². The molecule has 0 spiro atoms. The van der Waals surface area contributed by atoms with Crippen molar-refractivity contribution in [3.63, 3.8) is 0 Å². The van der Waals surface area contributed by atoms with Crippen molar-refractivity contribution in [1.29, 1.82) is 0 Å². The first-order valence-electron chi connectivity index (χ1n) is 7.66. The molecule has 0 saturated carbocycles. The van der Waals surface area contributed by atoms with E-state index >= 15 is 0 Å². The van der Waals surface area contributed by atoms with Gasteiger partial charge in [0.05, 0.1) is 30.2 Å². The highest BCUT2D eigenvalue weighted by Crippen LogP contribution is 2.35. The Morgan fingerprint density at radius 3 is 2.92 bits per heavy atom. The van der Waals surface area contributed by atoms with Crippen LogP contribution < -0.4 is 4.74 Å². The van der Waals surface area contributed by atoms with E-state index in [1.807, 2.05) is 24.3 Å². The van der Waals surface area contributed by atoms with Gasteiger partial charge in [-0.05, 0) is 40.1 Å².